The number of nitrogens with zero attached hydrogens (tertiary/aromatic N) is 1. The van der Waals surface area contributed by atoms with E-state index in [1.165, 1.54) is 29.2 Å². The molecule has 0 saturated carbocycles. The lowest BCUT2D eigenvalue weighted by molar-refractivity contribution is -0.274. The van der Waals surface area contributed by atoms with Crippen LogP contribution in [-0.2, 0) is 9.53 Å². The third-order valence-electron chi connectivity index (χ3n) is 5.02. The van der Waals surface area contributed by atoms with E-state index in [2.05, 4.69) is 4.74 Å². The van der Waals surface area contributed by atoms with Crippen LogP contribution in [0.2, 0.25) is 0 Å². The molecule has 188 valence electrons. The Morgan fingerprint density at radius 3 is 2.54 bits per heavy atom. The lowest BCUT2D eigenvalue weighted by atomic mass is 10.1. The molecule has 2 aromatic rings. The van der Waals surface area contributed by atoms with Crippen LogP contribution in [0.15, 0.2) is 42.5 Å². The number of ether oxygens (including phenoxy) is 3. The zero-order valence-corrected chi connectivity index (χ0v) is 18.6. The molecule has 0 radical (unpaired) electrons. The van der Waals surface area contributed by atoms with Crippen molar-refractivity contribution in [2.75, 3.05) is 26.3 Å². The standard InChI is InChI=1S/C24H22F5NO5/c1-2-21(31)16-11-19(25)23(20(26)12-16)34-14-18-13-30(8-9-33-18)22(32)7-6-15-4-3-5-17(10-15)35-24(27,28)29/h3-7,10-12,18H,2,8-9,13-14H2,1H3/b7-6+. The van der Waals surface area contributed by atoms with E-state index in [9.17, 15) is 31.5 Å². The normalized spacial score (nSPS) is 16.4. The van der Waals surface area contributed by atoms with Crippen molar-refractivity contribution < 1.29 is 45.8 Å². The maximum Gasteiger partial charge on any atom is 0.573 e. The molecule has 6 nitrogen and oxygen atoms in total. The number of hydrogen-bond acceptors (Lipinski definition) is 5. The van der Waals surface area contributed by atoms with Crippen molar-refractivity contribution in [1.82, 2.24) is 4.90 Å². The predicted molar refractivity (Wildman–Crippen MR) is 115 cm³/mol. The molecule has 1 amide bonds. The van der Waals surface area contributed by atoms with E-state index >= 15 is 0 Å². The molecule has 1 fully saturated rings. The molecule has 0 aliphatic carbocycles. The highest BCUT2D eigenvalue weighted by molar-refractivity contribution is 5.96. The molecule has 1 heterocycles. The van der Waals surface area contributed by atoms with Crippen LogP contribution < -0.4 is 9.47 Å². The van der Waals surface area contributed by atoms with Crippen LogP contribution in [-0.4, -0.2) is 55.4 Å². The number of carbonyl (C=O) groups is 2. The number of halogens is 5. The summed E-state index contributed by atoms with van der Waals surface area (Å²) in [6.07, 6.45) is -2.88. The van der Waals surface area contributed by atoms with Gasteiger partial charge in [0.15, 0.2) is 23.2 Å². The fraction of sp³-hybridized carbons (Fsp3) is 0.333. The van der Waals surface area contributed by atoms with E-state index in [1.54, 1.807) is 6.92 Å². The van der Waals surface area contributed by atoms with Gasteiger partial charge in [-0.3, -0.25) is 9.59 Å². The average molecular weight is 499 g/mol. The van der Waals surface area contributed by atoms with Gasteiger partial charge in [0.25, 0.3) is 0 Å². The average Bonchev–Trinajstić information content (AvgIpc) is 2.80. The van der Waals surface area contributed by atoms with E-state index in [1.807, 2.05) is 0 Å². The summed E-state index contributed by atoms with van der Waals surface area (Å²) in [5.74, 6) is -3.95. The highest BCUT2D eigenvalue weighted by Crippen LogP contribution is 2.25. The molecule has 35 heavy (non-hydrogen) atoms. The Hall–Kier alpha value is -3.47. The summed E-state index contributed by atoms with van der Waals surface area (Å²) in [7, 11) is 0. The minimum atomic E-state index is -4.83. The minimum Gasteiger partial charge on any atom is -0.485 e. The van der Waals surface area contributed by atoms with Crippen LogP contribution in [0.25, 0.3) is 6.08 Å². The summed E-state index contributed by atoms with van der Waals surface area (Å²) in [6.45, 7) is 1.78. The molecule has 1 aliphatic heterocycles. The third-order valence-corrected chi connectivity index (χ3v) is 5.02. The summed E-state index contributed by atoms with van der Waals surface area (Å²) < 4.78 is 80.2. The van der Waals surface area contributed by atoms with Gasteiger partial charge in [-0.15, -0.1) is 13.2 Å². The SMILES string of the molecule is CCC(=O)c1cc(F)c(OCC2CN(C(=O)/C=C/c3cccc(OC(F)(F)F)c3)CCO2)c(F)c1. The Labute approximate surface area is 197 Å². The van der Waals surface area contributed by atoms with E-state index < -0.39 is 47.3 Å². The van der Waals surface area contributed by atoms with Crippen LogP contribution in [0.4, 0.5) is 22.0 Å². The van der Waals surface area contributed by atoms with Crippen LogP contribution in [0.3, 0.4) is 0 Å². The first-order valence-corrected chi connectivity index (χ1v) is 10.6. The van der Waals surface area contributed by atoms with Gasteiger partial charge in [-0.05, 0) is 35.9 Å². The van der Waals surface area contributed by atoms with Gasteiger partial charge in [0.1, 0.15) is 18.5 Å². The van der Waals surface area contributed by atoms with Crippen LogP contribution >= 0.6 is 0 Å². The molecule has 1 unspecified atom stereocenters. The van der Waals surface area contributed by atoms with Crippen molar-refractivity contribution in [2.24, 2.45) is 0 Å². The Bertz CT molecular complexity index is 1080. The molecule has 0 bridgehead atoms. The lowest BCUT2D eigenvalue weighted by Gasteiger charge is -2.32. The van der Waals surface area contributed by atoms with Gasteiger partial charge in [0.05, 0.1) is 13.2 Å². The topological polar surface area (TPSA) is 65.1 Å². The van der Waals surface area contributed by atoms with Crippen LogP contribution in [0, 0.1) is 11.6 Å². The highest BCUT2D eigenvalue weighted by atomic mass is 19.4. The molecule has 1 atom stereocenters. The number of hydrogen-bond donors (Lipinski definition) is 0. The summed E-state index contributed by atoms with van der Waals surface area (Å²) in [5.41, 5.74) is 0.229. The number of amides is 1. The summed E-state index contributed by atoms with van der Waals surface area (Å²) in [4.78, 5) is 25.6. The quantitative estimate of drug-likeness (QED) is 0.297. The zero-order valence-electron chi connectivity index (χ0n) is 18.6. The zero-order chi connectivity index (χ0) is 25.6. The fourth-order valence-electron chi connectivity index (χ4n) is 3.35. The second-order valence-corrected chi connectivity index (χ2v) is 7.59. The van der Waals surface area contributed by atoms with Crippen molar-refractivity contribution in [2.45, 2.75) is 25.8 Å². The molecule has 0 N–H and O–H groups in total. The fourth-order valence-corrected chi connectivity index (χ4v) is 3.35. The Morgan fingerprint density at radius 2 is 1.89 bits per heavy atom. The van der Waals surface area contributed by atoms with Crippen molar-refractivity contribution >= 4 is 17.8 Å². The number of Topliss-reactive ketones (excluding diaryl/α,β-unsaturated/α-hetero) is 1. The number of alkyl halides is 3. The Morgan fingerprint density at radius 1 is 1.17 bits per heavy atom. The monoisotopic (exact) mass is 499 g/mol. The molecule has 1 saturated heterocycles. The molecule has 3 rings (SSSR count). The first-order chi connectivity index (χ1) is 16.6. The smallest absolute Gasteiger partial charge is 0.485 e. The molecular weight excluding hydrogens is 477 g/mol. The van der Waals surface area contributed by atoms with Crippen molar-refractivity contribution in [1.29, 1.82) is 0 Å². The first kappa shape index (κ1) is 26.1. The van der Waals surface area contributed by atoms with Gasteiger partial charge in [-0.1, -0.05) is 19.1 Å². The Kier molecular flexibility index (Phi) is 8.44. The van der Waals surface area contributed by atoms with Gasteiger partial charge in [-0.2, -0.15) is 0 Å². The van der Waals surface area contributed by atoms with Crippen LogP contribution in [0.1, 0.15) is 29.3 Å². The molecule has 11 heteroatoms. The second kappa shape index (κ2) is 11.3. The van der Waals surface area contributed by atoms with E-state index in [4.69, 9.17) is 9.47 Å². The summed E-state index contributed by atoms with van der Waals surface area (Å²) >= 11 is 0. The minimum absolute atomic E-state index is 0.0655. The van der Waals surface area contributed by atoms with E-state index in [-0.39, 0.29) is 38.3 Å². The summed E-state index contributed by atoms with van der Waals surface area (Å²) in [6, 6.07) is 6.94. The van der Waals surface area contributed by atoms with Crippen LogP contribution in [0.5, 0.6) is 11.5 Å². The van der Waals surface area contributed by atoms with E-state index in [0.717, 1.165) is 24.3 Å². The maximum atomic E-state index is 14.2. The first-order valence-electron chi connectivity index (χ1n) is 10.6. The second-order valence-electron chi connectivity index (χ2n) is 7.59. The van der Waals surface area contributed by atoms with E-state index in [0.29, 0.717) is 5.56 Å². The lowest BCUT2D eigenvalue weighted by Crippen LogP contribution is -2.47. The molecule has 1 aliphatic rings. The van der Waals surface area contributed by atoms with Crippen molar-refractivity contribution in [3.8, 4) is 11.5 Å². The summed E-state index contributed by atoms with van der Waals surface area (Å²) in [5, 5.41) is 0. The Balaban J connectivity index is 1.58. The molecular formula is C24H22F5NO5. The van der Waals surface area contributed by atoms with Gasteiger partial charge in [-0.25, -0.2) is 8.78 Å². The molecule has 0 aromatic heterocycles. The van der Waals surface area contributed by atoms with Gasteiger partial charge < -0.3 is 19.1 Å². The largest absolute Gasteiger partial charge is 0.573 e. The molecule has 0 spiro atoms. The third kappa shape index (κ3) is 7.51. The predicted octanol–water partition coefficient (Wildman–Crippen LogP) is 4.78. The number of ketones is 1. The highest BCUT2D eigenvalue weighted by Gasteiger charge is 2.31. The van der Waals surface area contributed by atoms with Gasteiger partial charge >= 0.3 is 6.36 Å². The number of benzene rings is 2. The molecule has 2 aromatic carbocycles. The number of rotatable bonds is 8. The van der Waals surface area contributed by atoms with Gasteiger partial charge in [0, 0.05) is 24.6 Å². The number of morpholine rings is 1. The number of carbonyl (C=O) groups excluding carboxylic acids is 2. The maximum absolute atomic E-state index is 14.2. The van der Waals surface area contributed by atoms with Gasteiger partial charge in [0.2, 0.25) is 5.91 Å². The van der Waals surface area contributed by atoms with Crippen molar-refractivity contribution in [3.63, 3.8) is 0 Å². The van der Waals surface area contributed by atoms with Crippen molar-refractivity contribution in [3.05, 3.63) is 65.2 Å².